The summed E-state index contributed by atoms with van der Waals surface area (Å²) >= 11 is 0. The van der Waals surface area contributed by atoms with Crippen LogP contribution in [0, 0.1) is 5.82 Å². The number of β-amino-alcohol motifs (C(OH)–C–C–N with tert-alkyl or cyclic N) is 1. The number of nitrogens with one attached hydrogen (secondary N) is 2. The fourth-order valence-corrected chi connectivity index (χ4v) is 3.28. The topological polar surface area (TPSA) is 94.1 Å². The highest BCUT2D eigenvalue weighted by Crippen LogP contribution is 2.24. The van der Waals surface area contributed by atoms with Crippen LogP contribution >= 0.6 is 0 Å². The maximum Gasteiger partial charge on any atom is 0.291 e. The molecule has 0 unspecified atom stereocenters. The first-order valence-electron chi connectivity index (χ1n) is 9.11. The summed E-state index contributed by atoms with van der Waals surface area (Å²) in [5, 5.41) is 14.4. The van der Waals surface area contributed by atoms with Crippen LogP contribution in [-0.4, -0.2) is 80.4 Å². The van der Waals surface area contributed by atoms with Crippen molar-refractivity contribution in [2.75, 3.05) is 62.8 Å². The molecule has 2 aliphatic rings. The highest BCUT2D eigenvalue weighted by atomic mass is 19.1. The summed E-state index contributed by atoms with van der Waals surface area (Å²) < 4.78 is 19.8. The van der Waals surface area contributed by atoms with Crippen molar-refractivity contribution in [3.8, 4) is 0 Å². The summed E-state index contributed by atoms with van der Waals surface area (Å²) in [5.41, 5.74) is 0.715. The highest BCUT2D eigenvalue weighted by molar-refractivity contribution is 6.40. The molecule has 1 aromatic rings. The van der Waals surface area contributed by atoms with E-state index in [0.717, 1.165) is 13.1 Å². The second-order valence-corrected chi connectivity index (χ2v) is 6.69. The molecule has 8 nitrogen and oxygen atoms in total. The number of rotatable bonds is 7. The summed E-state index contributed by atoms with van der Waals surface area (Å²) in [6.45, 7) is 4.49. The monoisotopic (exact) mass is 380 g/mol. The first-order chi connectivity index (χ1) is 13.1. The van der Waals surface area contributed by atoms with Crippen molar-refractivity contribution < 1.29 is 23.8 Å². The van der Waals surface area contributed by atoms with E-state index in [1.54, 1.807) is 12.1 Å². The Kier molecular flexibility index (Phi) is 6.73. The number of piperazine rings is 1. The van der Waals surface area contributed by atoms with Crippen LogP contribution in [0.5, 0.6) is 0 Å². The van der Waals surface area contributed by atoms with E-state index in [0.29, 0.717) is 38.6 Å². The number of carbonyl (C=O) groups is 2. The van der Waals surface area contributed by atoms with Crippen molar-refractivity contribution in [3.05, 3.63) is 24.0 Å². The van der Waals surface area contributed by atoms with E-state index in [-0.39, 0.29) is 24.8 Å². The average molecular weight is 380 g/mol. The van der Waals surface area contributed by atoms with Gasteiger partial charge < -0.3 is 20.1 Å². The smallest absolute Gasteiger partial charge is 0.291 e. The number of benzene rings is 1. The fourth-order valence-electron chi connectivity index (χ4n) is 3.28. The molecule has 2 saturated heterocycles. The number of amides is 1. The second-order valence-electron chi connectivity index (χ2n) is 6.69. The van der Waals surface area contributed by atoms with Gasteiger partial charge in [-0.3, -0.25) is 19.8 Å². The van der Waals surface area contributed by atoms with Crippen molar-refractivity contribution in [1.29, 1.82) is 0 Å². The number of aliphatic hydroxyl groups is 1. The summed E-state index contributed by atoms with van der Waals surface area (Å²) in [6, 6.07) is 4.44. The Balaban J connectivity index is 1.54. The summed E-state index contributed by atoms with van der Waals surface area (Å²) in [6.07, 6.45) is -0.302. The van der Waals surface area contributed by atoms with Gasteiger partial charge in [0, 0.05) is 51.4 Å². The first kappa shape index (κ1) is 19.7. The molecule has 2 heterocycles. The van der Waals surface area contributed by atoms with Gasteiger partial charge in [0.15, 0.2) is 0 Å². The molecule has 0 bridgehead atoms. The zero-order valence-corrected chi connectivity index (χ0v) is 15.1. The SMILES string of the molecule is O=C(C[C@H]1CNCO1)C(=O)Nc1ccc(N2CCN(CCO)CC2)c(F)c1. The normalized spacial score (nSPS) is 20.7. The number of halogens is 1. The molecule has 0 spiro atoms. The molecule has 1 aromatic carbocycles. The molecule has 0 aliphatic carbocycles. The van der Waals surface area contributed by atoms with Gasteiger partial charge in [-0.05, 0) is 18.2 Å². The molecule has 2 fully saturated rings. The Bertz CT molecular complexity index is 673. The van der Waals surface area contributed by atoms with Crippen LogP contribution in [0.4, 0.5) is 15.8 Å². The van der Waals surface area contributed by atoms with E-state index in [1.807, 2.05) is 4.90 Å². The minimum absolute atomic E-state index is 0.00246. The molecule has 1 amide bonds. The third kappa shape index (κ3) is 5.23. The van der Waals surface area contributed by atoms with Gasteiger partial charge in [0.2, 0.25) is 5.78 Å². The van der Waals surface area contributed by atoms with E-state index in [4.69, 9.17) is 9.84 Å². The van der Waals surface area contributed by atoms with E-state index in [9.17, 15) is 14.0 Å². The Morgan fingerprint density at radius 1 is 1.30 bits per heavy atom. The molecule has 1 atom stereocenters. The third-order valence-electron chi connectivity index (χ3n) is 4.79. The summed E-state index contributed by atoms with van der Waals surface area (Å²) in [7, 11) is 0. The molecule has 148 valence electrons. The molecule has 3 N–H and O–H groups in total. The molecule has 0 aromatic heterocycles. The van der Waals surface area contributed by atoms with Gasteiger partial charge in [-0.25, -0.2) is 4.39 Å². The Hall–Kier alpha value is -2.07. The molecule has 0 saturated carbocycles. The number of hydrogen-bond donors (Lipinski definition) is 3. The second kappa shape index (κ2) is 9.23. The average Bonchev–Trinajstić information content (AvgIpc) is 3.16. The Labute approximate surface area is 157 Å². The molecular formula is C18H25FN4O4. The number of anilines is 2. The summed E-state index contributed by atoms with van der Waals surface area (Å²) in [5.74, 6) is -1.80. The zero-order chi connectivity index (χ0) is 19.2. The van der Waals surface area contributed by atoms with Crippen LogP contribution < -0.4 is 15.5 Å². The Morgan fingerprint density at radius 2 is 2.07 bits per heavy atom. The van der Waals surface area contributed by atoms with Crippen LogP contribution in [0.15, 0.2) is 18.2 Å². The quantitative estimate of drug-likeness (QED) is 0.563. The molecule has 2 aliphatic heterocycles. The lowest BCUT2D eigenvalue weighted by atomic mass is 10.1. The Morgan fingerprint density at radius 3 is 2.70 bits per heavy atom. The van der Waals surface area contributed by atoms with E-state index in [1.165, 1.54) is 6.07 Å². The lowest BCUT2D eigenvalue weighted by Crippen LogP contribution is -2.47. The van der Waals surface area contributed by atoms with Crippen LogP contribution in [-0.2, 0) is 14.3 Å². The van der Waals surface area contributed by atoms with Gasteiger partial charge in [0.25, 0.3) is 5.91 Å². The van der Waals surface area contributed by atoms with Crippen molar-refractivity contribution in [1.82, 2.24) is 10.2 Å². The number of hydrogen-bond acceptors (Lipinski definition) is 7. The zero-order valence-electron chi connectivity index (χ0n) is 15.1. The highest BCUT2D eigenvalue weighted by Gasteiger charge is 2.24. The standard InChI is InChI=1S/C18H25FN4O4/c19-15-9-13(21-18(26)17(25)10-14-11-20-12-27-14)1-2-16(15)23-5-3-22(4-6-23)7-8-24/h1-2,9,14,20,24H,3-8,10-12H2,(H,21,26)/t14-/m0/s1. The number of Topliss-reactive ketones (excluding diaryl/α,β-unsaturated/α-hetero) is 1. The molecule has 0 radical (unpaired) electrons. The maximum atomic E-state index is 14.5. The van der Waals surface area contributed by atoms with Crippen molar-refractivity contribution in [2.24, 2.45) is 0 Å². The largest absolute Gasteiger partial charge is 0.395 e. The van der Waals surface area contributed by atoms with Gasteiger partial charge in [0.1, 0.15) is 5.82 Å². The van der Waals surface area contributed by atoms with E-state index in [2.05, 4.69) is 15.5 Å². The number of aliphatic hydroxyl groups excluding tert-OH is 1. The number of ether oxygens (including phenoxy) is 1. The fraction of sp³-hybridized carbons (Fsp3) is 0.556. The minimum Gasteiger partial charge on any atom is -0.395 e. The minimum atomic E-state index is -0.768. The number of carbonyl (C=O) groups excluding carboxylic acids is 2. The third-order valence-corrected chi connectivity index (χ3v) is 4.79. The van der Waals surface area contributed by atoms with Gasteiger partial charge >= 0.3 is 0 Å². The van der Waals surface area contributed by atoms with Crippen molar-refractivity contribution in [2.45, 2.75) is 12.5 Å². The van der Waals surface area contributed by atoms with Gasteiger partial charge in [-0.15, -0.1) is 0 Å². The van der Waals surface area contributed by atoms with Gasteiger partial charge in [-0.2, -0.15) is 0 Å². The molecule has 9 heteroatoms. The van der Waals surface area contributed by atoms with Gasteiger partial charge in [-0.1, -0.05) is 0 Å². The van der Waals surface area contributed by atoms with Crippen LogP contribution in [0.3, 0.4) is 0 Å². The van der Waals surface area contributed by atoms with Crippen molar-refractivity contribution >= 4 is 23.1 Å². The number of nitrogens with zero attached hydrogens (tertiary/aromatic N) is 2. The molecule has 27 heavy (non-hydrogen) atoms. The van der Waals surface area contributed by atoms with Crippen LogP contribution in [0.2, 0.25) is 0 Å². The molecule has 3 rings (SSSR count). The van der Waals surface area contributed by atoms with Crippen molar-refractivity contribution in [3.63, 3.8) is 0 Å². The predicted octanol–water partition coefficient (Wildman–Crippen LogP) is -0.216. The lowest BCUT2D eigenvalue weighted by molar-refractivity contribution is -0.136. The predicted molar refractivity (Wildman–Crippen MR) is 98.1 cm³/mol. The van der Waals surface area contributed by atoms with E-state index < -0.39 is 17.5 Å². The van der Waals surface area contributed by atoms with E-state index >= 15 is 0 Å². The van der Waals surface area contributed by atoms with Crippen LogP contribution in [0.1, 0.15) is 6.42 Å². The van der Waals surface area contributed by atoms with Crippen LogP contribution in [0.25, 0.3) is 0 Å². The maximum absolute atomic E-state index is 14.5. The lowest BCUT2D eigenvalue weighted by Gasteiger charge is -2.36. The van der Waals surface area contributed by atoms with Gasteiger partial charge in [0.05, 0.1) is 25.1 Å². The summed E-state index contributed by atoms with van der Waals surface area (Å²) in [4.78, 5) is 28.0. The molecular weight excluding hydrogens is 355 g/mol. The first-order valence-corrected chi connectivity index (χ1v) is 9.11. The number of ketones is 1.